The highest BCUT2D eigenvalue weighted by Crippen LogP contribution is 2.19. The average molecular weight is 322 g/mol. The van der Waals surface area contributed by atoms with E-state index < -0.39 is 6.10 Å². The molecule has 126 valence electrons. The minimum absolute atomic E-state index is 0.128. The number of carbonyl (C=O) groups excluding carboxylic acids is 1. The molecule has 1 unspecified atom stereocenters. The number of hydrogen-bond donors (Lipinski definition) is 3. The van der Waals surface area contributed by atoms with E-state index in [9.17, 15) is 14.3 Å². The Kier molecular flexibility index (Phi) is 6.12. The van der Waals surface area contributed by atoms with Gasteiger partial charge in [0.25, 0.3) is 0 Å². The van der Waals surface area contributed by atoms with Gasteiger partial charge in [0.05, 0.1) is 19.1 Å². The second kappa shape index (κ2) is 8.08. The Labute approximate surface area is 134 Å². The predicted molar refractivity (Wildman–Crippen MR) is 86.6 cm³/mol. The quantitative estimate of drug-likeness (QED) is 0.696. The van der Waals surface area contributed by atoms with Crippen LogP contribution in [0.15, 0.2) is 24.4 Å². The molecule has 0 aliphatic rings. The van der Waals surface area contributed by atoms with Gasteiger partial charge in [0, 0.05) is 30.3 Å². The number of H-pyrrole nitrogens is 1. The monoisotopic (exact) mass is 322 g/mol. The molecule has 2 rings (SSSR count). The van der Waals surface area contributed by atoms with Crippen LogP contribution in [0, 0.1) is 11.7 Å². The molecule has 5 nitrogen and oxygen atoms in total. The van der Waals surface area contributed by atoms with Crippen molar-refractivity contribution in [2.45, 2.75) is 26.4 Å². The third kappa shape index (κ3) is 5.33. The lowest BCUT2D eigenvalue weighted by Crippen LogP contribution is -2.35. The molecule has 3 N–H and O–H groups in total. The summed E-state index contributed by atoms with van der Waals surface area (Å²) in [6, 6.07) is 4.42. The lowest BCUT2D eigenvalue weighted by atomic mass is 10.1. The molecular formula is C17H23FN2O3. The van der Waals surface area contributed by atoms with Crippen molar-refractivity contribution < 1.29 is 19.0 Å². The molecule has 0 spiro atoms. The first-order chi connectivity index (χ1) is 11.0. The molecule has 1 aromatic heterocycles. The molecule has 0 radical (unpaired) electrons. The second-order valence-corrected chi connectivity index (χ2v) is 6.07. The molecule has 1 heterocycles. The fourth-order valence-corrected chi connectivity index (χ4v) is 2.26. The lowest BCUT2D eigenvalue weighted by Gasteiger charge is -2.13. The second-order valence-electron chi connectivity index (χ2n) is 6.07. The van der Waals surface area contributed by atoms with Crippen molar-refractivity contribution in [3.05, 3.63) is 35.8 Å². The number of aliphatic hydroxyl groups excluding tert-OH is 1. The highest BCUT2D eigenvalue weighted by atomic mass is 19.1. The zero-order valence-electron chi connectivity index (χ0n) is 13.4. The number of aliphatic hydroxyl groups is 1. The van der Waals surface area contributed by atoms with Crippen LogP contribution in [-0.4, -0.2) is 41.9 Å². The van der Waals surface area contributed by atoms with Crippen LogP contribution in [0.1, 0.15) is 19.4 Å². The first-order valence-corrected chi connectivity index (χ1v) is 7.73. The Morgan fingerprint density at radius 3 is 2.91 bits per heavy atom. The fourth-order valence-electron chi connectivity index (χ4n) is 2.26. The molecule has 6 heteroatoms. The Bertz CT molecular complexity index is 654. The van der Waals surface area contributed by atoms with Gasteiger partial charge < -0.3 is 20.1 Å². The van der Waals surface area contributed by atoms with Gasteiger partial charge >= 0.3 is 0 Å². The van der Waals surface area contributed by atoms with Crippen LogP contribution >= 0.6 is 0 Å². The molecule has 1 atom stereocenters. The van der Waals surface area contributed by atoms with Crippen molar-refractivity contribution in [1.29, 1.82) is 0 Å². The lowest BCUT2D eigenvalue weighted by molar-refractivity contribution is -0.121. The molecular weight excluding hydrogens is 299 g/mol. The van der Waals surface area contributed by atoms with E-state index in [0.29, 0.717) is 17.9 Å². The van der Waals surface area contributed by atoms with E-state index in [0.717, 1.165) is 11.1 Å². The van der Waals surface area contributed by atoms with Gasteiger partial charge in [0.1, 0.15) is 5.82 Å². The predicted octanol–water partition coefficient (Wildman–Crippen LogP) is 2.00. The molecule has 0 aliphatic heterocycles. The summed E-state index contributed by atoms with van der Waals surface area (Å²) in [5.41, 5.74) is 1.51. The van der Waals surface area contributed by atoms with E-state index in [2.05, 4.69) is 10.3 Å². The number of amides is 1. The zero-order valence-corrected chi connectivity index (χ0v) is 13.4. The third-order valence-electron chi connectivity index (χ3n) is 3.38. The summed E-state index contributed by atoms with van der Waals surface area (Å²) >= 11 is 0. The maximum Gasteiger partial charge on any atom is 0.224 e. The molecule has 0 saturated carbocycles. The number of carbonyl (C=O) groups is 1. The largest absolute Gasteiger partial charge is 0.389 e. The average Bonchev–Trinajstić information content (AvgIpc) is 2.87. The summed E-state index contributed by atoms with van der Waals surface area (Å²) in [6.07, 6.45) is 1.09. The SMILES string of the molecule is CC(C)COCC(O)CNC(=O)Cc1c[nH]c2ccc(F)cc12. The Morgan fingerprint density at radius 2 is 2.17 bits per heavy atom. The van der Waals surface area contributed by atoms with E-state index in [1.807, 2.05) is 13.8 Å². The summed E-state index contributed by atoms with van der Waals surface area (Å²) in [7, 11) is 0. The van der Waals surface area contributed by atoms with Crippen LogP contribution in [-0.2, 0) is 16.0 Å². The number of aromatic amines is 1. The maximum atomic E-state index is 13.3. The van der Waals surface area contributed by atoms with Crippen LogP contribution in [0.3, 0.4) is 0 Å². The van der Waals surface area contributed by atoms with Gasteiger partial charge in [-0.3, -0.25) is 4.79 Å². The summed E-state index contributed by atoms with van der Waals surface area (Å²) in [5, 5.41) is 13.1. The van der Waals surface area contributed by atoms with Crippen LogP contribution in [0.2, 0.25) is 0 Å². The van der Waals surface area contributed by atoms with Crippen LogP contribution in [0.25, 0.3) is 10.9 Å². The standard InChI is InChI=1S/C17H23FN2O3/c1-11(2)9-23-10-14(21)8-20-17(22)5-12-7-19-16-4-3-13(18)6-15(12)16/h3-4,6-7,11,14,19,21H,5,8-10H2,1-2H3,(H,20,22). The van der Waals surface area contributed by atoms with Crippen LogP contribution in [0.5, 0.6) is 0 Å². The number of rotatable bonds is 8. The molecule has 0 aliphatic carbocycles. The van der Waals surface area contributed by atoms with Crippen molar-refractivity contribution in [2.24, 2.45) is 5.92 Å². The van der Waals surface area contributed by atoms with Gasteiger partial charge in [-0.1, -0.05) is 13.8 Å². The smallest absolute Gasteiger partial charge is 0.224 e. The van der Waals surface area contributed by atoms with E-state index in [1.165, 1.54) is 12.1 Å². The highest BCUT2D eigenvalue weighted by Gasteiger charge is 2.11. The van der Waals surface area contributed by atoms with Gasteiger partial charge in [-0.15, -0.1) is 0 Å². The van der Waals surface area contributed by atoms with E-state index in [4.69, 9.17) is 4.74 Å². The Hall–Kier alpha value is -1.92. The fraction of sp³-hybridized carbons (Fsp3) is 0.471. The van der Waals surface area contributed by atoms with E-state index in [1.54, 1.807) is 12.3 Å². The minimum Gasteiger partial charge on any atom is -0.389 e. The first-order valence-electron chi connectivity index (χ1n) is 7.73. The first kappa shape index (κ1) is 17.4. The van der Waals surface area contributed by atoms with Gasteiger partial charge in [0.2, 0.25) is 5.91 Å². The molecule has 23 heavy (non-hydrogen) atoms. The van der Waals surface area contributed by atoms with Crippen LogP contribution < -0.4 is 5.32 Å². The number of halogens is 1. The van der Waals surface area contributed by atoms with Gasteiger partial charge in [-0.25, -0.2) is 4.39 Å². The van der Waals surface area contributed by atoms with Crippen LogP contribution in [0.4, 0.5) is 4.39 Å². The molecule has 1 amide bonds. The molecule has 0 bridgehead atoms. The normalized spacial score (nSPS) is 12.7. The Balaban J connectivity index is 1.81. The van der Waals surface area contributed by atoms with Gasteiger partial charge in [-0.05, 0) is 29.7 Å². The van der Waals surface area contributed by atoms with Crippen molar-refractivity contribution in [3.63, 3.8) is 0 Å². The number of nitrogens with one attached hydrogen (secondary N) is 2. The molecule has 0 fully saturated rings. The molecule has 2 aromatic rings. The highest BCUT2D eigenvalue weighted by molar-refractivity contribution is 5.88. The van der Waals surface area contributed by atoms with Crippen molar-refractivity contribution in [3.8, 4) is 0 Å². The van der Waals surface area contributed by atoms with Gasteiger partial charge in [0.15, 0.2) is 0 Å². The topological polar surface area (TPSA) is 74.3 Å². The number of ether oxygens (including phenoxy) is 1. The molecule has 1 aromatic carbocycles. The minimum atomic E-state index is -0.738. The summed E-state index contributed by atoms with van der Waals surface area (Å²) in [6.45, 7) is 4.95. The van der Waals surface area contributed by atoms with E-state index >= 15 is 0 Å². The summed E-state index contributed by atoms with van der Waals surface area (Å²) < 4.78 is 18.6. The van der Waals surface area contributed by atoms with E-state index in [-0.39, 0.29) is 31.3 Å². The third-order valence-corrected chi connectivity index (χ3v) is 3.38. The van der Waals surface area contributed by atoms with Crippen molar-refractivity contribution in [1.82, 2.24) is 10.3 Å². The number of benzene rings is 1. The van der Waals surface area contributed by atoms with Crippen molar-refractivity contribution in [2.75, 3.05) is 19.8 Å². The maximum absolute atomic E-state index is 13.3. The molecule has 0 saturated heterocycles. The number of fused-ring (bicyclic) bond motifs is 1. The number of aromatic nitrogens is 1. The summed E-state index contributed by atoms with van der Waals surface area (Å²) in [5.74, 6) is -0.159. The zero-order chi connectivity index (χ0) is 16.8. The van der Waals surface area contributed by atoms with Gasteiger partial charge in [-0.2, -0.15) is 0 Å². The number of hydrogen-bond acceptors (Lipinski definition) is 3. The van der Waals surface area contributed by atoms with Crippen molar-refractivity contribution >= 4 is 16.8 Å². The summed E-state index contributed by atoms with van der Waals surface area (Å²) in [4.78, 5) is 15.0. The Morgan fingerprint density at radius 1 is 1.39 bits per heavy atom.